The lowest BCUT2D eigenvalue weighted by molar-refractivity contribution is -0.228. The van der Waals surface area contributed by atoms with Gasteiger partial charge in [-0.05, 0) is 67.4 Å². The standard InChI is InChI=1S/C24H35NO4/c1-5-25-11-22(4)7-6-19(29-13(3)26)24-17(22)8-15(20(24)25)23-10-14(12(2)21(23)28)16(27)9-18(23)24/h14-21,27-28H,2,5-11H2,1,3-4H3/t14-,15+,16+,17-,18-,19+,20-,21-,22+,23+,24+/m1/s1. The van der Waals surface area contributed by atoms with Gasteiger partial charge in [-0.2, -0.15) is 0 Å². The van der Waals surface area contributed by atoms with E-state index in [0.717, 1.165) is 50.8 Å². The Morgan fingerprint density at radius 1 is 1.31 bits per heavy atom. The maximum Gasteiger partial charge on any atom is 0.302 e. The lowest BCUT2D eigenvalue weighted by Gasteiger charge is -2.65. The van der Waals surface area contributed by atoms with Crippen molar-refractivity contribution < 1.29 is 19.7 Å². The normalized spacial score (nSPS) is 59.7. The molecule has 5 nitrogen and oxygen atoms in total. The van der Waals surface area contributed by atoms with Crippen LogP contribution in [0, 0.1) is 39.9 Å². The van der Waals surface area contributed by atoms with Gasteiger partial charge in [0.25, 0.3) is 0 Å². The fraction of sp³-hybridized carbons (Fsp3) is 0.875. The molecule has 0 aromatic heterocycles. The predicted molar refractivity (Wildman–Crippen MR) is 108 cm³/mol. The molecule has 2 N–H and O–H groups in total. The van der Waals surface area contributed by atoms with Crippen LogP contribution < -0.4 is 0 Å². The van der Waals surface area contributed by atoms with Crippen LogP contribution in [0.5, 0.6) is 0 Å². The minimum atomic E-state index is -0.537. The molecule has 1 saturated heterocycles. The van der Waals surface area contributed by atoms with Gasteiger partial charge in [-0.15, -0.1) is 0 Å². The molecular weight excluding hydrogens is 366 g/mol. The van der Waals surface area contributed by atoms with E-state index in [2.05, 4.69) is 25.3 Å². The number of piperidine rings is 1. The Bertz CT molecular complexity index is 798. The van der Waals surface area contributed by atoms with Gasteiger partial charge in [-0.25, -0.2) is 0 Å². The molecule has 1 aliphatic heterocycles. The molecule has 160 valence electrons. The summed E-state index contributed by atoms with van der Waals surface area (Å²) in [6, 6.07) is 0.340. The van der Waals surface area contributed by atoms with Crippen molar-refractivity contribution in [3.63, 3.8) is 0 Å². The zero-order valence-corrected chi connectivity index (χ0v) is 17.9. The summed E-state index contributed by atoms with van der Waals surface area (Å²) in [6.45, 7) is 12.6. The summed E-state index contributed by atoms with van der Waals surface area (Å²) in [5, 5.41) is 22.6. The zero-order valence-electron chi connectivity index (χ0n) is 17.9. The number of rotatable bonds is 2. The molecule has 11 atom stereocenters. The van der Waals surface area contributed by atoms with Gasteiger partial charge in [-0.3, -0.25) is 9.69 Å². The van der Waals surface area contributed by atoms with E-state index in [4.69, 9.17) is 4.74 Å². The van der Waals surface area contributed by atoms with Crippen LogP contribution in [-0.4, -0.2) is 58.5 Å². The minimum absolute atomic E-state index is 0.0223. The summed E-state index contributed by atoms with van der Waals surface area (Å²) in [6.07, 6.45) is 3.63. The summed E-state index contributed by atoms with van der Waals surface area (Å²) < 4.78 is 6.11. The minimum Gasteiger partial charge on any atom is -0.462 e. The third-order valence-corrected chi connectivity index (χ3v) is 10.8. The lowest BCUT2D eigenvalue weighted by atomic mass is 9.43. The summed E-state index contributed by atoms with van der Waals surface area (Å²) in [4.78, 5) is 14.8. The first-order chi connectivity index (χ1) is 13.7. The van der Waals surface area contributed by atoms with E-state index in [1.165, 1.54) is 6.92 Å². The number of carbonyl (C=O) groups excluding carboxylic acids is 1. The average Bonchev–Trinajstić information content (AvgIpc) is 3.18. The number of carbonyl (C=O) groups is 1. The Labute approximate surface area is 173 Å². The molecule has 5 aliphatic carbocycles. The predicted octanol–water partition coefficient (Wildman–Crippen LogP) is 2.36. The number of nitrogens with zero attached hydrogens (tertiary/aromatic N) is 1. The molecule has 0 unspecified atom stereocenters. The van der Waals surface area contributed by atoms with Crippen LogP contribution in [0.2, 0.25) is 0 Å². The van der Waals surface area contributed by atoms with Gasteiger partial charge in [0, 0.05) is 36.3 Å². The molecule has 7 bridgehead atoms. The highest BCUT2D eigenvalue weighted by molar-refractivity contribution is 5.66. The Kier molecular flexibility index (Phi) is 3.55. The zero-order chi connectivity index (χ0) is 20.5. The summed E-state index contributed by atoms with van der Waals surface area (Å²) >= 11 is 0. The van der Waals surface area contributed by atoms with E-state index < -0.39 is 12.2 Å². The third kappa shape index (κ3) is 1.81. The van der Waals surface area contributed by atoms with Crippen molar-refractivity contribution in [2.24, 2.45) is 39.9 Å². The number of fused-ring (bicyclic) bond motifs is 1. The molecule has 2 spiro atoms. The van der Waals surface area contributed by atoms with Gasteiger partial charge in [0.2, 0.25) is 0 Å². The van der Waals surface area contributed by atoms with Crippen molar-refractivity contribution in [1.82, 2.24) is 4.90 Å². The Hall–Kier alpha value is -0.910. The summed E-state index contributed by atoms with van der Waals surface area (Å²) in [5.41, 5.74) is 0.734. The summed E-state index contributed by atoms with van der Waals surface area (Å²) in [5.74, 6) is 0.937. The van der Waals surface area contributed by atoms with E-state index in [-0.39, 0.29) is 40.2 Å². The van der Waals surface area contributed by atoms with Crippen LogP contribution in [0.15, 0.2) is 12.2 Å². The van der Waals surface area contributed by atoms with Gasteiger partial charge in [0.05, 0.1) is 12.2 Å². The molecule has 5 saturated carbocycles. The molecule has 6 aliphatic rings. The van der Waals surface area contributed by atoms with Crippen LogP contribution in [0.1, 0.15) is 52.9 Å². The monoisotopic (exact) mass is 401 g/mol. The second kappa shape index (κ2) is 5.46. The maximum absolute atomic E-state index is 12.2. The van der Waals surface area contributed by atoms with E-state index in [0.29, 0.717) is 17.9 Å². The van der Waals surface area contributed by atoms with Crippen molar-refractivity contribution in [2.45, 2.75) is 77.2 Å². The molecule has 0 radical (unpaired) electrons. The van der Waals surface area contributed by atoms with E-state index in [9.17, 15) is 15.0 Å². The Balaban J connectivity index is 1.59. The van der Waals surface area contributed by atoms with Gasteiger partial charge in [0.15, 0.2) is 0 Å². The molecule has 0 amide bonds. The van der Waals surface area contributed by atoms with Crippen molar-refractivity contribution in [1.29, 1.82) is 0 Å². The van der Waals surface area contributed by atoms with Crippen molar-refractivity contribution in [3.05, 3.63) is 12.2 Å². The largest absolute Gasteiger partial charge is 0.462 e. The van der Waals surface area contributed by atoms with E-state index in [1.807, 2.05) is 0 Å². The quantitative estimate of drug-likeness (QED) is 0.549. The van der Waals surface area contributed by atoms with Gasteiger partial charge >= 0.3 is 5.97 Å². The molecular formula is C24H35NO4. The highest BCUT2D eigenvalue weighted by Gasteiger charge is 2.85. The molecule has 29 heavy (non-hydrogen) atoms. The van der Waals surface area contributed by atoms with Crippen LogP contribution in [0.4, 0.5) is 0 Å². The number of hydrogen-bond acceptors (Lipinski definition) is 5. The fourth-order valence-corrected chi connectivity index (χ4v) is 10.3. The lowest BCUT2D eigenvalue weighted by Crippen LogP contribution is -2.69. The highest BCUT2D eigenvalue weighted by Crippen LogP contribution is 2.83. The third-order valence-electron chi connectivity index (χ3n) is 10.8. The molecule has 6 rings (SSSR count). The van der Waals surface area contributed by atoms with Crippen molar-refractivity contribution in [2.75, 3.05) is 13.1 Å². The van der Waals surface area contributed by atoms with Gasteiger partial charge in [0.1, 0.15) is 6.10 Å². The molecule has 0 aromatic rings. The van der Waals surface area contributed by atoms with Crippen LogP contribution in [0.3, 0.4) is 0 Å². The van der Waals surface area contributed by atoms with Crippen LogP contribution in [-0.2, 0) is 9.53 Å². The molecule has 0 aromatic carbocycles. The first kappa shape index (κ1) is 18.8. The van der Waals surface area contributed by atoms with E-state index in [1.54, 1.807) is 0 Å². The highest BCUT2D eigenvalue weighted by atomic mass is 16.5. The smallest absolute Gasteiger partial charge is 0.302 e. The first-order valence-corrected chi connectivity index (χ1v) is 11.7. The second-order valence-electron chi connectivity index (χ2n) is 11.4. The fourth-order valence-electron chi connectivity index (χ4n) is 10.3. The van der Waals surface area contributed by atoms with Gasteiger partial charge < -0.3 is 14.9 Å². The summed E-state index contributed by atoms with van der Waals surface area (Å²) in [7, 11) is 0. The van der Waals surface area contributed by atoms with Gasteiger partial charge in [-0.1, -0.05) is 20.4 Å². The molecule has 6 fully saturated rings. The first-order valence-electron chi connectivity index (χ1n) is 11.7. The Morgan fingerprint density at radius 2 is 2.07 bits per heavy atom. The van der Waals surface area contributed by atoms with Crippen molar-refractivity contribution >= 4 is 5.97 Å². The number of esters is 1. The number of ether oxygens (including phenoxy) is 1. The topological polar surface area (TPSA) is 70.0 Å². The van der Waals surface area contributed by atoms with Crippen LogP contribution >= 0.6 is 0 Å². The number of aliphatic hydroxyl groups is 2. The second-order valence-corrected chi connectivity index (χ2v) is 11.4. The average molecular weight is 402 g/mol. The molecule has 1 heterocycles. The number of aliphatic hydroxyl groups excluding tert-OH is 2. The van der Waals surface area contributed by atoms with Crippen molar-refractivity contribution in [3.8, 4) is 0 Å². The molecule has 5 heteroatoms. The Morgan fingerprint density at radius 3 is 2.76 bits per heavy atom. The van der Waals surface area contributed by atoms with E-state index >= 15 is 0 Å². The number of likely N-dealkylation sites (tertiary alicyclic amines) is 1. The SMILES string of the molecule is C=C1[C@H]2C[C@@]3([C@@H]1O)[C@@H](C[C@@H]2O)[C@@]12[C@@H](OC(C)=O)CC[C@@]4(C)CN(CC)[C@@H]1[C@@H]3C[C@H]42. The van der Waals surface area contributed by atoms with Crippen LogP contribution in [0.25, 0.3) is 0 Å². The number of hydrogen-bond donors (Lipinski definition) is 2. The maximum atomic E-state index is 12.2.